The lowest BCUT2D eigenvalue weighted by atomic mass is 10.1. The molecule has 13 heavy (non-hydrogen) atoms. The minimum atomic E-state index is -2.58. The second-order valence-electron chi connectivity index (χ2n) is 2.59. The van der Waals surface area contributed by atoms with Crippen molar-refractivity contribution in [2.45, 2.75) is 20.0 Å². The summed E-state index contributed by atoms with van der Waals surface area (Å²) < 4.78 is 25.4. The van der Waals surface area contributed by atoms with Crippen LogP contribution in [-0.2, 0) is 6.61 Å². The van der Waals surface area contributed by atoms with Gasteiger partial charge in [0.25, 0.3) is 6.43 Å². The van der Waals surface area contributed by atoms with Gasteiger partial charge in [-0.15, -0.1) is 0 Å². The van der Waals surface area contributed by atoms with Crippen molar-refractivity contribution in [3.63, 3.8) is 0 Å². The van der Waals surface area contributed by atoms with E-state index in [4.69, 9.17) is 5.11 Å². The number of halogens is 3. The third kappa shape index (κ3) is 2.34. The lowest BCUT2D eigenvalue weighted by molar-refractivity contribution is 0.146. The number of rotatable bonds is 2. The molecule has 0 unspecified atom stereocenters. The number of aromatic nitrogens is 1. The number of aryl methyl sites for hydroxylation is 1. The zero-order chi connectivity index (χ0) is 10.0. The molecule has 0 saturated heterocycles. The first-order valence-electron chi connectivity index (χ1n) is 3.61. The highest BCUT2D eigenvalue weighted by molar-refractivity contribution is 14.1. The normalized spacial score (nSPS) is 10.9. The summed E-state index contributed by atoms with van der Waals surface area (Å²) in [6.45, 7) is 1.26. The minimum absolute atomic E-state index is 0.0602. The fourth-order valence-electron chi connectivity index (χ4n) is 0.963. The largest absolute Gasteiger partial charge is 0.390 e. The first kappa shape index (κ1) is 10.8. The number of hydrogen-bond donors (Lipinski definition) is 1. The first-order valence-corrected chi connectivity index (χ1v) is 4.69. The van der Waals surface area contributed by atoms with E-state index in [1.54, 1.807) is 6.92 Å². The maximum Gasteiger partial charge on any atom is 0.265 e. The Bertz CT molecular complexity index is 317. The van der Waals surface area contributed by atoms with Crippen LogP contribution < -0.4 is 0 Å². The van der Waals surface area contributed by atoms with Gasteiger partial charge in [0.2, 0.25) is 0 Å². The number of pyridine rings is 1. The van der Waals surface area contributed by atoms with Crippen molar-refractivity contribution >= 4 is 22.6 Å². The van der Waals surface area contributed by atoms with Crippen LogP contribution in [0.3, 0.4) is 0 Å². The van der Waals surface area contributed by atoms with Crippen LogP contribution in [0.2, 0.25) is 0 Å². The van der Waals surface area contributed by atoms with Gasteiger partial charge in [0.1, 0.15) is 3.70 Å². The molecule has 0 bridgehead atoms. The van der Waals surface area contributed by atoms with Crippen LogP contribution >= 0.6 is 22.6 Å². The monoisotopic (exact) mass is 299 g/mol. The Balaban J connectivity index is 3.25. The second kappa shape index (κ2) is 4.28. The van der Waals surface area contributed by atoms with E-state index in [-0.39, 0.29) is 11.3 Å². The van der Waals surface area contributed by atoms with Gasteiger partial charge in [-0.05, 0) is 41.1 Å². The SMILES string of the molecule is Cc1cc(C(F)F)c(CO)nc1I. The topological polar surface area (TPSA) is 33.1 Å². The standard InChI is InChI=1S/C8H8F2INO/c1-4-2-5(7(9)10)6(3-13)12-8(4)11/h2,7,13H,3H2,1H3. The molecule has 0 radical (unpaired) electrons. The number of hydrogen-bond acceptors (Lipinski definition) is 2. The van der Waals surface area contributed by atoms with Crippen molar-refractivity contribution < 1.29 is 13.9 Å². The van der Waals surface area contributed by atoms with Gasteiger partial charge in [-0.25, -0.2) is 13.8 Å². The summed E-state index contributed by atoms with van der Waals surface area (Å²) in [5, 5.41) is 8.78. The van der Waals surface area contributed by atoms with Crippen LogP contribution in [0.25, 0.3) is 0 Å². The molecule has 1 aromatic heterocycles. The minimum Gasteiger partial charge on any atom is -0.390 e. The Morgan fingerprint density at radius 2 is 2.23 bits per heavy atom. The van der Waals surface area contributed by atoms with Gasteiger partial charge < -0.3 is 5.11 Å². The van der Waals surface area contributed by atoms with Crippen molar-refractivity contribution in [1.82, 2.24) is 4.98 Å². The van der Waals surface area contributed by atoms with Gasteiger partial charge in [-0.3, -0.25) is 0 Å². The van der Waals surface area contributed by atoms with Crippen LogP contribution in [-0.4, -0.2) is 10.1 Å². The van der Waals surface area contributed by atoms with E-state index in [0.717, 1.165) is 0 Å². The fraction of sp³-hybridized carbons (Fsp3) is 0.375. The molecule has 5 heteroatoms. The van der Waals surface area contributed by atoms with Crippen LogP contribution in [0.4, 0.5) is 8.78 Å². The van der Waals surface area contributed by atoms with Gasteiger partial charge >= 0.3 is 0 Å². The van der Waals surface area contributed by atoms with E-state index >= 15 is 0 Å². The molecule has 0 aliphatic heterocycles. The van der Waals surface area contributed by atoms with Gasteiger partial charge in [0, 0.05) is 5.56 Å². The van der Waals surface area contributed by atoms with Crippen LogP contribution in [0, 0.1) is 10.6 Å². The van der Waals surface area contributed by atoms with Gasteiger partial charge in [0.15, 0.2) is 0 Å². The molecule has 1 N–H and O–H groups in total. The van der Waals surface area contributed by atoms with Crippen molar-refractivity contribution in [1.29, 1.82) is 0 Å². The summed E-state index contributed by atoms with van der Waals surface area (Å²) in [6, 6.07) is 1.37. The molecule has 1 aromatic rings. The van der Waals surface area contributed by atoms with Crippen molar-refractivity contribution in [3.8, 4) is 0 Å². The maximum atomic E-state index is 12.4. The molecule has 2 nitrogen and oxygen atoms in total. The maximum absolute atomic E-state index is 12.4. The molecular weight excluding hydrogens is 291 g/mol. The van der Waals surface area contributed by atoms with Crippen LogP contribution in [0.1, 0.15) is 23.2 Å². The Labute approximate surface area is 88.1 Å². The van der Waals surface area contributed by atoms with E-state index in [1.807, 2.05) is 22.6 Å². The van der Waals surface area contributed by atoms with Crippen molar-refractivity contribution in [2.75, 3.05) is 0 Å². The predicted molar refractivity (Wildman–Crippen MR) is 52.6 cm³/mol. The fourth-order valence-corrected chi connectivity index (χ4v) is 1.41. The Hall–Kier alpha value is -0.300. The lowest BCUT2D eigenvalue weighted by Crippen LogP contribution is -2.02. The number of alkyl halides is 2. The molecule has 0 aliphatic carbocycles. The van der Waals surface area contributed by atoms with E-state index in [0.29, 0.717) is 9.26 Å². The summed E-state index contributed by atoms with van der Waals surface area (Å²) in [5.41, 5.74) is 0.582. The average molecular weight is 299 g/mol. The van der Waals surface area contributed by atoms with Gasteiger partial charge in [0.05, 0.1) is 12.3 Å². The molecular formula is C8H8F2INO. The third-order valence-electron chi connectivity index (χ3n) is 1.65. The predicted octanol–water partition coefficient (Wildman–Crippen LogP) is 2.42. The van der Waals surface area contributed by atoms with Gasteiger partial charge in [-0.2, -0.15) is 0 Å². The molecule has 0 amide bonds. The van der Waals surface area contributed by atoms with Crippen molar-refractivity contribution in [3.05, 3.63) is 26.6 Å². The highest BCUT2D eigenvalue weighted by Crippen LogP contribution is 2.24. The van der Waals surface area contributed by atoms with Crippen molar-refractivity contribution in [2.24, 2.45) is 0 Å². The summed E-state index contributed by atoms with van der Waals surface area (Å²) in [6.07, 6.45) is -2.58. The molecule has 72 valence electrons. The smallest absolute Gasteiger partial charge is 0.265 e. The highest BCUT2D eigenvalue weighted by Gasteiger charge is 2.15. The number of aliphatic hydroxyl groups is 1. The molecule has 1 heterocycles. The molecule has 0 aliphatic rings. The summed E-state index contributed by atoms with van der Waals surface area (Å²) >= 11 is 1.95. The molecule has 0 saturated carbocycles. The van der Waals surface area contributed by atoms with Gasteiger partial charge in [-0.1, -0.05) is 0 Å². The second-order valence-corrected chi connectivity index (χ2v) is 3.61. The molecule has 0 atom stereocenters. The highest BCUT2D eigenvalue weighted by atomic mass is 127. The summed E-state index contributed by atoms with van der Waals surface area (Å²) in [7, 11) is 0. The lowest BCUT2D eigenvalue weighted by Gasteiger charge is -2.07. The number of aliphatic hydroxyl groups excluding tert-OH is 1. The third-order valence-corrected chi connectivity index (χ3v) is 2.74. The molecule has 0 spiro atoms. The quantitative estimate of drug-likeness (QED) is 0.672. The summed E-state index contributed by atoms with van der Waals surface area (Å²) in [5.74, 6) is 0. The number of nitrogens with zero attached hydrogens (tertiary/aromatic N) is 1. The first-order chi connectivity index (χ1) is 6.06. The molecule has 0 fully saturated rings. The van der Waals surface area contributed by atoms with E-state index < -0.39 is 13.0 Å². The average Bonchev–Trinajstić information content (AvgIpc) is 2.08. The van der Waals surface area contributed by atoms with Crippen LogP contribution in [0.5, 0.6) is 0 Å². The van der Waals surface area contributed by atoms with E-state index in [9.17, 15) is 8.78 Å². The van der Waals surface area contributed by atoms with E-state index in [1.165, 1.54) is 6.07 Å². The Kier molecular flexibility index (Phi) is 3.55. The Morgan fingerprint density at radius 3 is 2.69 bits per heavy atom. The molecule has 1 rings (SSSR count). The zero-order valence-corrected chi connectivity index (χ0v) is 9.05. The zero-order valence-electron chi connectivity index (χ0n) is 6.89. The van der Waals surface area contributed by atoms with E-state index in [2.05, 4.69) is 4.98 Å². The molecule has 0 aromatic carbocycles. The Morgan fingerprint density at radius 1 is 1.62 bits per heavy atom. The summed E-state index contributed by atoms with van der Waals surface area (Å²) in [4.78, 5) is 3.87. The van der Waals surface area contributed by atoms with Crippen LogP contribution in [0.15, 0.2) is 6.07 Å².